The number of hydrogen-bond acceptors (Lipinski definition) is 4. The molecule has 0 unspecified atom stereocenters. The Labute approximate surface area is 132 Å². The minimum absolute atomic E-state index is 0.155. The zero-order valence-electron chi connectivity index (χ0n) is 12.2. The lowest BCUT2D eigenvalue weighted by Crippen LogP contribution is -2.22. The molecule has 0 fully saturated rings. The number of ether oxygens (including phenoxy) is 1. The highest BCUT2D eigenvalue weighted by Crippen LogP contribution is 2.17. The smallest absolute Gasteiger partial charge is 0.345 e. The third-order valence-corrected chi connectivity index (χ3v) is 4.13. The van der Waals surface area contributed by atoms with Crippen LogP contribution in [0, 0.1) is 0 Å². The molecule has 6 heteroatoms. The van der Waals surface area contributed by atoms with Crippen LogP contribution in [0.25, 0.3) is 0 Å². The van der Waals surface area contributed by atoms with Crippen molar-refractivity contribution in [3.05, 3.63) is 57.3 Å². The van der Waals surface area contributed by atoms with Gasteiger partial charge >= 0.3 is 5.97 Å². The van der Waals surface area contributed by atoms with Gasteiger partial charge in [0.2, 0.25) is 0 Å². The Morgan fingerprint density at radius 3 is 2.45 bits per heavy atom. The molecule has 0 atom stereocenters. The third kappa shape index (κ3) is 4.16. The summed E-state index contributed by atoms with van der Waals surface area (Å²) >= 11 is 0.966. The molecule has 0 aliphatic carbocycles. The van der Waals surface area contributed by atoms with Crippen LogP contribution in [-0.2, 0) is 17.9 Å². The van der Waals surface area contributed by atoms with Gasteiger partial charge in [0, 0.05) is 13.2 Å². The molecule has 116 valence electrons. The predicted molar refractivity (Wildman–Crippen MR) is 84.2 cm³/mol. The summed E-state index contributed by atoms with van der Waals surface area (Å²) in [4.78, 5) is 23.4. The van der Waals surface area contributed by atoms with E-state index in [9.17, 15) is 9.59 Å². The van der Waals surface area contributed by atoms with Crippen molar-refractivity contribution < 1.29 is 19.4 Å². The number of rotatable bonds is 7. The number of amides is 1. The molecule has 1 amide bonds. The second-order valence-corrected chi connectivity index (χ2v) is 5.64. The molecule has 1 heterocycles. The summed E-state index contributed by atoms with van der Waals surface area (Å²) in [6.07, 6.45) is 0. The van der Waals surface area contributed by atoms with E-state index in [2.05, 4.69) is 5.32 Å². The first-order valence-corrected chi connectivity index (χ1v) is 7.69. The summed E-state index contributed by atoms with van der Waals surface area (Å²) in [6, 6.07) is 10.7. The monoisotopic (exact) mass is 319 g/mol. The molecule has 0 bridgehead atoms. The average Bonchev–Trinajstić information content (AvgIpc) is 3.01. The standard InChI is InChI=1S/C16H17NO4S/c1-2-21-10-12-6-4-3-5-11(12)9-17-15(18)13-7-8-14(22-13)16(19)20/h3-8H,2,9-10H2,1H3,(H,17,18)(H,19,20). The first-order valence-electron chi connectivity index (χ1n) is 6.87. The van der Waals surface area contributed by atoms with Crippen LogP contribution in [0.4, 0.5) is 0 Å². The highest BCUT2D eigenvalue weighted by atomic mass is 32.1. The Bertz CT molecular complexity index is 666. The third-order valence-electron chi connectivity index (χ3n) is 3.06. The second-order valence-electron chi connectivity index (χ2n) is 4.56. The van der Waals surface area contributed by atoms with Gasteiger partial charge in [-0.1, -0.05) is 24.3 Å². The van der Waals surface area contributed by atoms with E-state index in [0.717, 1.165) is 22.5 Å². The summed E-state index contributed by atoms with van der Waals surface area (Å²) in [7, 11) is 0. The molecule has 0 radical (unpaired) electrons. The van der Waals surface area contributed by atoms with Crippen molar-refractivity contribution in [1.82, 2.24) is 5.32 Å². The van der Waals surface area contributed by atoms with Gasteiger partial charge < -0.3 is 15.2 Å². The number of thiophene rings is 1. The first-order chi connectivity index (χ1) is 10.6. The molecule has 22 heavy (non-hydrogen) atoms. The van der Waals surface area contributed by atoms with E-state index in [1.807, 2.05) is 31.2 Å². The van der Waals surface area contributed by atoms with E-state index in [-0.39, 0.29) is 10.8 Å². The molecule has 0 aliphatic rings. The minimum atomic E-state index is -1.02. The average molecular weight is 319 g/mol. The SMILES string of the molecule is CCOCc1ccccc1CNC(=O)c1ccc(C(=O)O)s1. The topological polar surface area (TPSA) is 75.6 Å². The molecular formula is C16H17NO4S. The molecular weight excluding hydrogens is 302 g/mol. The van der Waals surface area contributed by atoms with E-state index in [4.69, 9.17) is 9.84 Å². The van der Waals surface area contributed by atoms with Gasteiger partial charge in [0.15, 0.2) is 0 Å². The largest absolute Gasteiger partial charge is 0.477 e. The number of nitrogens with one attached hydrogen (secondary N) is 1. The fourth-order valence-corrected chi connectivity index (χ4v) is 2.68. The quantitative estimate of drug-likeness (QED) is 0.823. The number of carboxylic acids is 1. The van der Waals surface area contributed by atoms with Gasteiger partial charge in [0.05, 0.1) is 11.5 Å². The van der Waals surface area contributed by atoms with Gasteiger partial charge in [0.25, 0.3) is 5.91 Å². The second kappa shape index (κ2) is 7.72. The zero-order chi connectivity index (χ0) is 15.9. The zero-order valence-corrected chi connectivity index (χ0v) is 13.0. The number of carbonyl (C=O) groups excluding carboxylic acids is 1. The summed E-state index contributed by atoms with van der Waals surface area (Å²) in [5, 5.41) is 11.7. The molecule has 2 N–H and O–H groups in total. The number of carboxylic acid groups (broad SMARTS) is 1. The van der Waals surface area contributed by atoms with E-state index in [0.29, 0.717) is 24.6 Å². The maximum atomic E-state index is 12.1. The van der Waals surface area contributed by atoms with Gasteiger partial charge in [-0.25, -0.2) is 4.79 Å². The van der Waals surface area contributed by atoms with Crippen LogP contribution >= 0.6 is 11.3 Å². The van der Waals surface area contributed by atoms with Gasteiger partial charge in [-0.3, -0.25) is 4.79 Å². The first kappa shape index (κ1) is 16.2. The maximum absolute atomic E-state index is 12.1. The van der Waals surface area contributed by atoms with E-state index >= 15 is 0 Å². The number of hydrogen-bond donors (Lipinski definition) is 2. The van der Waals surface area contributed by atoms with Crippen LogP contribution in [0.1, 0.15) is 37.4 Å². The highest BCUT2D eigenvalue weighted by molar-refractivity contribution is 7.15. The van der Waals surface area contributed by atoms with Crippen LogP contribution < -0.4 is 5.32 Å². The minimum Gasteiger partial charge on any atom is -0.477 e. The van der Waals surface area contributed by atoms with Gasteiger partial charge in [-0.15, -0.1) is 11.3 Å². The Hall–Kier alpha value is -2.18. The van der Waals surface area contributed by atoms with Gasteiger partial charge in [0.1, 0.15) is 4.88 Å². The lowest BCUT2D eigenvalue weighted by Gasteiger charge is -2.10. The molecule has 0 saturated heterocycles. The summed E-state index contributed by atoms with van der Waals surface area (Å²) in [5.41, 5.74) is 2.02. The van der Waals surface area contributed by atoms with Crippen molar-refractivity contribution in [2.75, 3.05) is 6.61 Å². The van der Waals surface area contributed by atoms with E-state index in [1.165, 1.54) is 12.1 Å². The predicted octanol–water partition coefficient (Wildman–Crippen LogP) is 2.91. The Kier molecular flexibility index (Phi) is 5.68. The summed E-state index contributed by atoms with van der Waals surface area (Å²) in [6.45, 7) is 3.45. The van der Waals surface area contributed by atoms with Crippen molar-refractivity contribution in [3.8, 4) is 0 Å². The summed E-state index contributed by atoms with van der Waals surface area (Å²) < 4.78 is 5.41. The Morgan fingerprint density at radius 2 is 1.82 bits per heavy atom. The van der Waals surface area contributed by atoms with Crippen LogP contribution in [0.5, 0.6) is 0 Å². The normalized spacial score (nSPS) is 10.4. The lowest BCUT2D eigenvalue weighted by atomic mass is 10.1. The Morgan fingerprint density at radius 1 is 1.14 bits per heavy atom. The molecule has 2 aromatic rings. The fraction of sp³-hybridized carbons (Fsp3) is 0.250. The molecule has 5 nitrogen and oxygen atoms in total. The molecule has 0 aliphatic heterocycles. The highest BCUT2D eigenvalue weighted by Gasteiger charge is 2.13. The molecule has 1 aromatic carbocycles. The van der Waals surface area contributed by atoms with Crippen molar-refractivity contribution in [2.24, 2.45) is 0 Å². The van der Waals surface area contributed by atoms with Crippen LogP contribution in [0.3, 0.4) is 0 Å². The van der Waals surface area contributed by atoms with Crippen LogP contribution in [-0.4, -0.2) is 23.6 Å². The maximum Gasteiger partial charge on any atom is 0.345 e. The molecule has 1 aromatic heterocycles. The van der Waals surface area contributed by atoms with Crippen molar-refractivity contribution in [2.45, 2.75) is 20.1 Å². The summed E-state index contributed by atoms with van der Waals surface area (Å²) in [5.74, 6) is -1.30. The van der Waals surface area contributed by atoms with E-state index < -0.39 is 5.97 Å². The van der Waals surface area contributed by atoms with Gasteiger partial charge in [-0.05, 0) is 30.2 Å². The van der Waals surface area contributed by atoms with Gasteiger partial charge in [-0.2, -0.15) is 0 Å². The Balaban J connectivity index is 2.00. The van der Waals surface area contributed by atoms with Crippen molar-refractivity contribution in [3.63, 3.8) is 0 Å². The number of carbonyl (C=O) groups is 2. The van der Waals surface area contributed by atoms with E-state index in [1.54, 1.807) is 0 Å². The van der Waals surface area contributed by atoms with Crippen molar-refractivity contribution >= 4 is 23.2 Å². The number of aromatic carboxylic acids is 1. The van der Waals surface area contributed by atoms with Crippen molar-refractivity contribution in [1.29, 1.82) is 0 Å². The van der Waals surface area contributed by atoms with Crippen LogP contribution in [0.2, 0.25) is 0 Å². The lowest BCUT2D eigenvalue weighted by molar-refractivity contribution is 0.0702. The van der Waals surface area contributed by atoms with Crippen LogP contribution in [0.15, 0.2) is 36.4 Å². The molecule has 0 saturated carbocycles. The number of benzene rings is 1. The fourth-order valence-electron chi connectivity index (χ4n) is 1.92. The molecule has 2 rings (SSSR count). The molecule has 0 spiro atoms.